The molecule has 2 saturated heterocycles. The monoisotopic (exact) mass is 378 g/mol. The van der Waals surface area contributed by atoms with Gasteiger partial charge in [0.2, 0.25) is 5.91 Å². The van der Waals surface area contributed by atoms with Gasteiger partial charge in [0.25, 0.3) is 0 Å². The molecule has 2 heterocycles. The largest absolute Gasteiger partial charge is 0.342 e. The summed E-state index contributed by atoms with van der Waals surface area (Å²) in [5, 5.41) is 0. The maximum atomic E-state index is 13.0. The highest BCUT2D eigenvalue weighted by atomic mass is 16.2. The summed E-state index contributed by atoms with van der Waals surface area (Å²) in [6.07, 6.45) is 14.2. The molecule has 0 aromatic carbocycles. The van der Waals surface area contributed by atoms with Gasteiger partial charge in [0.15, 0.2) is 0 Å². The molecule has 3 unspecified atom stereocenters. The summed E-state index contributed by atoms with van der Waals surface area (Å²) in [6, 6.07) is 0.647. The summed E-state index contributed by atoms with van der Waals surface area (Å²) in [4.78, 5) is 17.7. The highest BCUT2D eigenvalue weighted by molar-refractivity contribution is 5.79. The van der Waals surface area contributed by atoms with Crippen molar-refractivity contribution in [1.29, 1.82) is 0 Å². The Hall–Kier alpha value is -0.650. The van der Waals surface area contributed by atoms with E-state index in [-0.39, 0.29) is 5.92 Å². The van der Waals surface area contributed by atoms with Crippen molar-refractivity contribution in [3.8, 4) is 0 Å². The van der Waals surface area contributed by atoms with Crippen LogP contribution < -0.4 is 10.9 Å². The minimum absolute atomic E-state index is 0.190. The molecule has 3 rings (SSSR count). The van der Waals surface area contributed by atoms with Crippen LogP contribution in [0.25, 0.3) is 0 Å². The van der Waals surface area contributed by atoms with Crippen LogP contribution in [0.1, 0.15) is 84.5 Å². The van der Waals surface area contributed by atoms with Gasteiger partial charge in [-0.3, -0.25) is 15.1 Å². The molecule has 3 aliphatic rings. The van der Waals surface area contributed by atoms with Gasteiger partial charge in [0, 0.05) is 25.7 Å². The summed E-state index contributed by atoms with van der Waals surface area (Å²) in [7, 11) is 0. The number of piperidine rings is 1. The lowest BCUT2D eigenvalue weighted by Crippen LogP contribution is -2.62. The minimum Gasteiger partial charge on any atom is -0.342 e. The SMILES string of the molecule is CCCN(CCC)C(=O)C1CCCN(C2CCC(C3CCCCC3)NN2)C1. The lowest BCUT2D eigenvalue weighted by molar-refractivity contribution is -0.138. The summed E-state index contributed by atoms with van der Waals surface area (Å²) < 4.78 is 0. The summed E-state index contributed by atoms with van der Waals surface area (Å²) >= 11 is 0. The van der Waals surface area contributed by atoms with E-state index in [9.17, 15) is 4.79 Å². The molecule has 0 bridgehead atoms. The molecule has 1 amide bonds. The lowest BCUT2D eigenvalue weighted by atomic mass is 9.81. The molecule has 1 aliphatic carbocycles. The van der Waals surface area contributed by atoms with Gasteiger partial charge in [-0.1, -0.05) is 33.1 Å². The fourth-order valence-corrected chi connectivity index (χ4v) is 5.47. The van der Waals surface area contributed by atoms with Crippen molar-refractivity contribution in [3.63, 3.8) is 0 Å². The average molecular weight is 379 g/mol. The fraction of sp³-hybridized carbons (Fsp3) is 0.955. The third-order valence-corrected chi connectivity index (χ3v) is 6.95. The smallest absolute Gasteiger partial charge is 0.226 e. The number of carbonyl (C=O) groups is 1. The molecule has 0 spiro atoms. The molecule has 5 heteroatoms. The molecule has 3 fully saturated rings. The Morgan fingerprint density at radius 1 is 0.926 bits per heavy atom. The molecule has 0 aromatic rings. The molecule has 0 radical (unpaired) electrons. The van der Waals surface area contributed by atoms with E-state index in [1.165, 1.54) is 44.9 Å². The Balaban J connectivity index is 1.48. The normalized spacial score (nSPS) is 31.0. The predicted octanol–water partition coefficient (Wildman–Crippen LogP) is 3.51. The number of nitrogens with zero attached hydrogens (tertiary/aromatic N) is 2. The van der Waals surface area contributed by atoms with Gasteiger partial charge < -0.3 is 4.90 Å². The van der Waals surface area contributed by atoms with Crippen molar-refractivity contribution in [3.05, 3.63) is 0 Å². The Morgan fingerprint density at radius 2 is 1.67 bits per heavy atom. The first kappa shape index (κ1) is 21.1. The Kier molecular flexibility index (Phi) is 8.41. The first-order chi connectivity index (χ1) is 13.2. The van der Waals surface area contributed by atoms with Gasteiger partial charge in [0.1, 0.15) is 0 Å². The van der Waals surface area contributed by atoms with Crippen LogP contribution in [0, 0.1) is 11.8 Å². The Bertz CT molecular complexity index is 438. The molecule has 2 aliphatic heterocycles. The van der Waals surface area contributed by atoms with Gasteiger partial charge in [-0.2, -0.15) is 0 Å². The number of hydrogen-bond donors (Lipinski definition) is 2. The molecule has 0 aromatic heterocycles. The fourth-order valence-electron chi connectivity index (χ4n) is 5.47. The average Bonchev–Trinajstić information content (AvgIpc) is 2.74. The van der Waals surface area contributed by atoms with Crippen LogP contribution in [0.15, 0.2) is 0 Å². The molecule has 1 saturated carbocycles. The maximum absolute atomic E-state index is 13.0. The van der Waals surface area contributed by atoms with Crippen molar-refractivity contribution in [1.82, 2.24) is 20.7 Å². The van der Waals surface area contributed by atoms with Crippen molar-refractivity contribution in [2.24, 2.45) is 11.8 Å². The number of hydrogen-bond acceptors (Lipinski definition) is 4. The van der Waals surface area contributed by atoms with Crippen LogP contribution in [-0.4, -0.2) is 54.1 Å². The molecule has 27 heavy (non-hydrogen) atoms. The second-order valence-electron chi connectivity index (χ2n) is 9.05. The highest BCUT2D eigenvalue weighted by Gasteiger charge is 2.35. The molecular weight excluding hydrogens is 336 g/mol. The zero-order valence-corrected chi connectivity index (χ0v) is 17.7. The van der Waals surface area contributed by atoms with Crippen LogP contribution in [0.3, 0.4) is 0 Å². The van der Waals surface area contributed by atoms with Gasteiger partial charge in [0.05, 0.1) is 12.1 Å². The predicted molar refractivity (Wildman–Crippen MR) is 111 cm³/mol. The summed E-state index contributed by atoms with van der Waals surface area (Å²) in [6.45, 7) is 8.22. The number of rotatable bonds is 7. The standard InChI is InChI=1S/C22H42N4O/c1-3-14-25(15-4-2)22(27)19-11-8-16-26(17-19)21-13-12-20(23-24-21)18-9-6-5-7-10-18/h18-21,23-24H,3-17H2,1-2H3. The van der Waals surface area contributed by atoms with E-state index in [1.54, 1.807) is 0 Å². The molecule has 5 nitrogen and oxygen atoms in total. The van der Waals surface area contributed by atoms with E-state index in [0.29, 0.717) is 18.1 Å². The topological polar surface area (TPSA) is 47.6 Å². The molecule has 2 N–H and O–H groups in total. The van der Waals surface area contributed by atoms with E-state index >= 15 is 0 Å². The molecular formula is C22H42N4O. The number of likely N-dealkylation sites (tertiary alicyclic amines) is 1. The third kappa shape index (κ3) is 5.68. The third-order valence-electron chi connectivity index (χ3n) is 6.95. The Labute approximate surface area is 166 Å². The van der Waals surface area contributed by atoms with Crippen LogP contribution in [0.5, 0.6) is 0 Å². The number of amides is 1. The van der Waals surface area contributed by atoms with Crippen molar-refractivity contribution < 1.29 is 4.79 Å². The van der Waals surface area contributed by atoms with Crippen molar-refractivity contribution in [2.75, 3.05) is 26.2 Å². The summed E-state index contributed by atoms with van der Waals surface area (Å²) in [5.74, 6) is 1.45. The minimum atomic E-state index is 0.190. The quantitative estimate of drug-likeness (QED) is 0.712. The molecule has 3 atom stereocenters. The van der Waals surface area contributed by atoms with Gasteiger partial charge in [-0.15, -0.1) is 0 Å². The second-order valence-corrected chi connectivity index (χ2v) is 9.05. The number of hydrazine groups is 1. The lowest BCUT2D eigenvalue weighted by Gasteiger charge is -2.44. The summed E-state index contributed by atoms with van der Waals surface area (Å²) in [5.41, 5.74) is 7.28. The first-order valence-electron chi connectivity index (χ1n) is 11.8. The van der Waals surface area contributed by atoms with E-state index in [4.69, 9.17) is 0 Å². The van der Waals surface area contributed by atoms with Gasteiger partial charge in [-0.05, 0) is 63.8 Å². The maximum Gasteiger partial charge on any atom is 0.226 e. The van der Waals surface area contributed by atoms with E-state index in [1.807, 2.05) is 0 Å². The molecule has 156 valence electrons. The van der Waals surface area contributed by atoms with E-state index in [2.05, 4.69) is 34.5 Å². The van der Waals surface area contributed by atoms with Gasteiger partial charge >= 0.3 is 0 Å². The zero-order chi connectivity index (χ0) is 19.1. The van der Waals surface area contributed by atoms with E-state index < -0.39 is 0 Å². The van der Waals surface area contributed by atoms with Crippen LogP contribution in [-0.2, 0) is 4.79 Å². The van der Waals surface area contributed by atoms with Crippen molar-refractivity contribution in [2.45, 2.75) is 96.7 Å². The number of carbonyl (C=O) groups excluding carboxylic acids is 1. The highest BCUT2D eigenvalue weighted by Crippen LogP contribution is 2.30. The first-order valence-corrected chi connectivity index (χ1v) is 11.8. The van der Waals surface area contributed by atoms with Crippen molar-refractivity contribution >= 4 is 5.91 Å². The zero-order valence-electron chi connectivity index (χ0n) is 17.7. The Morgan fingerprint density at radius 3 is 2.30 bits per heavy atom. The van der Waals surface area contributed by atoms with E-state index in [0.717, 1.165) is 57.8 Å². The number of nitrogens with one attached hydrogen (secondary N) is 2. The van der Waals surface area contributed by atoms with Crippen LogP contribution in [0.4, 0.5) is 0 Å². The van der Waals surface area contributed by atoms with Crippen LogP contribution >= 0.6 is 0 Å². The van der Waals surface area contributed by atoms with Gasteiger partial charge in [-0.25, -0.2) is 5.43 Å². The van der Waals surface area contributed by atoms with Crippen LogP contribution in [0.2, 0.25) is 0 Å². The second kappa shape index (κ2) is 10.8.